The maximum Gasteiger partial charge on any atom is 0.194 e. The molecule has 1 N–H and O–H groups in total. The Morgan fingerprint density at radius 3 is 2.94 bits per heavy atom. The standard InChI is InChI=1S/C13H14BrClN2O/c1-16-4-2-3-13-17-8-12(18-13)9-5-10(14)7-11(15)6-9/h5-8,16H,2-4H2,1H3. The van der Waals surface area contributed by atoms with Gasteiger partial charge in [0.15, 0.2) is 11.7 Å². The zero-order valence-corrected chi connectivity index (χ0v) is 12.4. The molecule has 0 saturated carbocycles. The van der Waals surface area contributed by atoms with Crippen LogP contribution in [-0.2, 0) is 6.42 Å². The van der Waals surface area contributed by atoms with E-state index in [1.807, 2.05) is 25.2 Å². The van der Waals surface area contributed by atoms with Crippen LogP contribution in [0.3, 0.4) is 0 Å². The van der Waals surface area contributed by atoms with Gasteiger partial charge >= 0.3 is 0 Å². The normalized spacial score (nSPS) is 10.8. The Morgan fingerprint density at radius 2 is 2.22 bits per heavy atom. The quantitative estimate of drug-likeness (QED) is 0.845. The lowest BCUT2D eigenvalue weighted by Gasteiger charge is -1.99. The van der Waals surface area contributed by atoms with Crippen molar-refractivity contribution in [2.75, 3.05) is 13.6 Å². The SMILES string of the molecule is CNCCCc1ncc(-c2cc(Cl)cc(Br)c2)o1. The van der Waals surface area contributed by atoms with Crippen molar-refractivity contribution in [3.05, 3.63) is 39.8 Å². The Morgan fingerprint density at radius 1 is 1.39 bits per heavy atom. The zero-order chi connectivity index (χ0) is 13.0. The molecule has 1 aromatic heterocycles. The van der Waals surface area contributed by atoms with E-state index in [0.29, 0.717) is 5.02 Å². The second-order valence-electron chi connectivity index (χ2n) is 3.98. The number of oxazole rings is 1. The summed E-state index contributed by atoms with van der Waals surface area (Å²) in [6, 6.07) is 5.67. The predicted octanol–water partition coefficient (Wildman–Crippen LogP) is 3.91. The lowest BCUT2D eigenvalue weighted by atomic mass is 10.2. The van der Waals surface area contributed by atoms with Gasteiger partial charge in [0.1, 0.15) is 0 Å². The molecule has 0 spiro atoms. The summed E-state index contributed by atoms with van der Waals surface area (Å²) in [6.07, 6.45) is 3.59. The van der Waals surface area contributed by atoms with Crippen molar-refractivity contribution in [1.82, 2.24) is 10.3 Å². The lowest BCUT2D eigenvalue weighted by molar-refractivity contribution is 0.495. The Labute approximate surface area is 120 Å². The van der Waals surface area contributed by atoms with Crippen molar-refractivity contribution in [1.29, 1.82) is 0 Å². The van der Waals surface area contributed by atoms with Crippen LogP contribution >= 0.6 is 27.5 Å². The number of hydrogen-bond acceptors (Lipinski definition) is 3. The summed E-state index contributed by atoms with van der Waals surface area (Å²) in [4.78, 5) is 4.27. The minimum absolute atomic E-state index is 0.674. The average Bonchev–Trinajstić information content (AvgIpc) is 2.77. The third-order valence-corrected chi connectivity index (χ3v) is 3.19. The summed E-state index contributed by atoms with van der Waals surface area (Å²) in [5.74, 6) is 1.51. The Balaban J connectivity index is 2.13. The first-order valence-corrected chi connectivity index (χ1v) is 6.92. The van der Waals surface area contributed by atoms with Crippen LogP contribution in [0.25, 0.3) is 11.3 Å². The fourth-order valence-electron chi connectivity index (χ4n) is 1.67. The maximum atomic E-state index is 6.01. The first kappa shape index (κ1) is 13.6. The van der Waals surface area contributed by atoms with E-state index in [4.69, 9.17) is 16.0 Å². The van der Waals surface area contributed by atoms with E-state index in [-0.39, 0.29) is 0 Å². The van der Waals surface area contributed by atoms with Gasteiger partial charge in [-0.2, -0.15) is 0 Å². The molecule has 0 bridgehead atoms. The van der Waals surface area contributed by atoms with Gasteiger partial charge in [-0.05, 0) is 38.2 Å². The zero-order valence-electron chi connectivity index (χ0n) is 10.0. The van der Waals surface area contributed by atoms with Crippen molar-refractivity contribution in [2.45, 2.75) is 12.8 Å². The van der Waals surface area contributed by atoms with Crippen LogP contribution in [0.2, 0.25) is 5.02 Å². The van der Waals surface area contributed by atoms with Gasteiger partial charge in [-0.15, -0.1) is 0 Å². The van der Waals surface area contributed by atoms with E-state index in [1.54, 1.807) is 6.20 Å². The highest BCUT2D eigenvalue weighted by Gasteiger charge is 2.07. The van der Waals surface area contributed by atoms with Crippen LogP contribution in [0, 0.1) is 0 Å². The predicted molar refractivity (Wildman–Crippen MR) is 76.9 cm³/mol. The number of aromatic nitrogens is 1. The first-order chi connectivity index (χ1) is 8.69. The largest absolute Gasteiger partial charge is 0.441 e. The molecule has 3 nitrogen and oxygen atoms in total. The first-order valence-electron chi connectivity index (χ1n) is 5.75. The summed E-state index contributed by atoms with van der Waals surface area (Å²) in [5, 5.41) is 3.77. The molecule has 2 rings (SSSR count). The molecule has 18 heavy (non-hydrogen) atoms. The minimum atomic E-state index is 0.674. The molecule has 1 aromatic carbocycles. The van der Waals surface area contributed by atoms with Gasteiger partial charge < -0.3 is 9.73 Å². The van der Waals surface area contributed by atoms with Crippen molar-refractivity contribution in [3.63, 3.8) is 0 Å². The maximum absolute atomic E-state index is 6.01. The van der Waals surface area contributed by atoms with E-state index >= 15 is 0 Å². The Hall–Kier alpha value is -0.840. The van der Waals surface area contributed by atoms with Gasteiger partial charge in [-0.1, -0.05) is 27.5 Å². The summed E-state index contributed by atoms with van der Waals surface area (Å²) in [7, 11) is 1.94. The van der Waals surface area contributed by atoms with Gasteiger partial charge in [-0.3, -0.25) is 0 Å². The number of benzene rings is 1. The van der Waals surface area contributed by atoms with Crippen LogP contribution in [-0.4, -0.2) is 18.6 Å². The molecule has 0 amide bonds. The second-order valence-corrected chi connectivity index (χ2v) is 5.34. The summed E-state index contributed by atoms with van der Waals surface area (Å²) >= 11 is 9.42. The molecule has 1 heterocycles. The smallest absolute Gasteiger partial charge is 0.194 e. The third kappa shape index (κ3) is 3.57. The van der Waals surface area contributed by atoms with Crippen molar-refractivity contribution in [3.8, 4) is 11.3 Å². The van der Waals surface area contributed by atoms with E-state index in [1.165, 1.54) is 0 Å². The van der Waals surface area contributed by atoms with E-state index in [2.05, 4.69) is 26.2 Å². The van der Waals surface area contributed by atoms with Crippen LogP contribution < -0.4 is 5.32 Å². The Kier molecular flexibility index (Phi) is 4.80. The summed E-state index contributed by atoms with van der Waals surface area (Å²) in [5.41, 5.74) is 0.932. The molecule has 0 aliphatic heterocycles. The third-order valence-electron chi connectivity index (χ3n) is 2.52. The summed E-state index contributed by atoms with van der Waals surface area (Å²) < 4.78 is 6.64. The van der Waals surface area contributed by atoms with E-state index < -0.39 is 0 Å². The monoisotopic (exact) mass is 328 g/mol. The highest BCUT2D eigenvalue weighted by Crippen LogP contribution is 2.28. The number of aryl methyl sites for hydroxylation is 1. The molecule has 0 unspecified atom stereocenters. The number of halogens is 2. The Bertz CT molecular complexity index is 507. The number of hydrogen-bond donors (Lipinski definition) is 1. The summed E-state index contributed by atoms with van der Waals surface area (Å²) in [6.45, 7) is 0.959. The van der Waals surface area contributed by atoms with Crippen LogP contribution in [0.4, 0.5) is 0 Å². The van der Waals surface area contributed by atoms with Crippen molar-refractivity contribution < 1.29 is 4.42 Å². The number of nitrogens with one attached hydrogen (secondary N) is 1. The molecule has 0 aliphatic carbocycles. The van der Waals surface area contributed by atoms with Gasteiger partial charge in [0.05, 0.1) is 6.20 Å². The second kappa shape index (κ2) is 6.36. The van der Waals surface area contributed by atoms with Crippen molar-refractivity contribution in [2.24, 2.45) is 0 Å². The molecule has 0 radical (unpaired) electrons. The number of rotatable bonds is 5. The topological polar surface area (TPSA) is 38.1 Å². The molecule has 0 atom stereocenters. The van der Waals surface area contributed by atoms with E-state index in [9.17, 15) is 0 Å². The molecular weight excluding hydrogens is 316 g/mol. The van der Waals surface area contributed by atoms with Gasteiger partial charge in [0.2, 0.25) is 0 Å². The molecule has 96 valence electrons. The molecule has 0 fully saturated rings. The highest BCUT2D eigenvalue weighted by molar-refractivity contribution is 9.10. The molecule has 2 aromatic rings. The molecule has 0 saturated heterocycles. The average molecular weight is 330 g/mol. The van der Waals surface area contributed by atoms with Crippen LogP contribution in [0.15, 0.2) is 33.3 Å². The fourth-order valence-corrected chi connectivity index (χ4v) is 2.53. The fraction of sp³-hybridized carbons (Fsp3) is 0.308. The van der Waals surface area contributed by atoms with E-state index in [0.717, 1.165) is 41.1 Å². The molecule has 0 aliphatic rings. The van der Waals surface area contributed by atoms with Crippen molar-refractivity contribution >= 4 is 27.5 Å². The van der Waals surface area contributed by atoms with Gasteiger partial charge in [0, 0.05) is 21.5 Å². The highest BCUT2D eigenvalue weighted by atomic mass is 79.9. The number of nitrogens with zero attached hydrogens (tertiary/aromatic N) is 1. The lowest BCUT2D eigenvalue weighted by Crippen LogP contribution is -2.08. The van der Waals surface area contributed by atoms with Gasteiger partial charge in [-0.25, -0.2) is 4.98 Å². The molecule has 5 heteroatoms. The molecular formula is C13H14BrClN2O. The van der Waals surface area contributed by atoms with Crippen LogP contribution in [0.5, 0.6) is 0 Å². The van der Waals surface area contributed by atoms with Crippen LogP contribution in [0.1, 0.15) is 12.3 Å². The minimum Gasteiger partial charge on any atom is -0.441 e. The van der Waals surface area contributed by atoms with Gasteiger partial charge in [0.25, 0.3) is 0 Å².